The summed E-state index contributed by atoms with van der Waals surface area (Å²) in [5.74, 6) is 0.644. The third kappa shape index (κ3) is 1.37. The minimum Gasteiger partial charge on any atom is -0.354 e. The molecular formula is C15H15N3. The van der Waals surface area contributed by atoms with Crippen LogP contribution in [-0.4, -0.2) is 16.0 Å². The lowest BCUT2D eigenvalue weighted by Crippen LogP contribution is -2.34. The molecule has 2 heterocycles. The number of nitrogens with one attached hydrogen (secondary N) is 1. The highest BCUT2D eigenvalue weighted by atomic mass is 14.7. The van der Waals surface area contributed by atoms with E-state index in [4.69, 9.17) is 5.73 Å². The zero-order valence-corrected chi connectivity index (χ0v) is 10.1. The number of hydrogen-bond acceptors (Lipinski definition) is 2. The normalized spacial score (nSPS) is 23.4. The van der Waals surface area contributed by atoms with E-state index >= 15 is 0 Å². The number of nitrogens with two attached hydrogens (primary N) is 1. The van der Waals surface area contributed by atoms with E-state index in [1.54, 1.807) is 0 Å². The van der Waals surface area contributed by atoms with Crippen molar-refractivity contribution in [3.63, 3.8) is 0 Å². The number of aromatic nitrogens is 2. The van der Waals surface area contributed by atoms with Crippen LogP contribution in [-0.2, 0) is 0 Å². The van der Waals surface area contributed by atoms with Crippen LogP contribution in [0.3, 0.4) is 0 Å². The number of pyridine rings is 1. The van der Waals surface area contributed by atoms with Crippen LogP contribution in [0.2, 0.25) is 0 Å². The average molecular weight is 237 g/mol. The molecule has 0 radical (unpaired) electrons. The summed E-state index contributed by atoms with van der Waals surface area (Å²) in [5, 5.41) is 2.48. The monoisotopic (exact) mass is 237 g/mol. The van der Waals surface area contributed by atoms with E-state index < -0.39 is 0 Å². The molecule has 3 aromatic rings. The van der Waals surface area contributed by atoms with E-state index in [1.807, 2.05) is 18.5 Å². The van der Waals surface area contributed by atoms with Gasteiger partial charge in [-0.25, -0.2) is 0 Å². The van der Waals surface area contributed by atoms with Gasteiger partial charge in [-0.1, -0.05) is 6.07 Å². The molecule has 2 aromatic heterocycles. The fourth-order valence-corrected chi connectivity index (χ4v) is 2.94. The summed E-state index contributed by atoms with van der Waals surface area (Å²) in [4.78, 5) is 7.64. The molecule has 0 amide bonds. The minimum absolute atomic E-state index is 0.398. The topological polar surface area (TPSA) is 54.7 Å². The fourth-order valence-electron chi connectivity index (χ4n) is 2.94. The first kappa shape index (κ1) is 10.1. The smallest absolute Gasteiger partial charge is 0.0495 e. The fraction of sp³-hybridized carbons (Fsp3) is 0.267. The molecule has 3 N–H and O–H groups in total. The molecule has 1 aromatic carbocycles. The lowest BCUT2D eigenvalue weighted by molar-refractivity contribution is 0.352. The molecular weight excluding hydrogens is 222 g/mol. The number of H-pyrrole nitrogens is 1. The van der Waals surface area contributed by atoms with Crippen molar-refractivity contribution >= 4 is 21.8 Å². The molecule has 90 valence electrons. The van der Waals surface area contributed by atoms with E-state index in [1.165, 1.54) is 21.9 Å². The molecule has 1 aliphatic rings. The number of aromatic amines is 1. The van der Waals surface area contributed by atoms with E-state index in [9.17, 15) is 0 Å². The first-order valence-corrected chi connectivity index (χ1v) is 6.42. The summed E-state index contributed by atoms with van der Waals surface area (Å²) >= 11 is 0. The Morgan fingerprint density at radius 1 is 1.11 bits per heavy atom. The summed E-state index contributed by atoms with van der Waals surface area (Å²) in [6.45, 7) is 0. The van der Waals surface area contributed by atoms with Crippen molar-refractivity contribution in [1.29, 1.82) is 0 Å². The number of rotatable bonds is 1. The van der Waals surface area contributed by atoms with Crippen LogP contribution >= 0.6 is 0 Å². The van der Waals surface area contributed by atoms with Gasteiger partial charge in [0.05, 0.1) is 0 Å². The Kier molecular flexibility index (Phi) is 2.00. The largest absolute Gasteiger partial charge is 0.354 e. The molecule has 1 aliphatic carbocycles. The Balaban J connectivity index is 1.90. The molecule has 0 spiro atoms. The van der Waals surface area contributed by atoms with Crippen LogP contribution in [0.5, 0.6) is 0 Å². The molecule has 1 saturated carbocycles. The second-order valence-corrected chi connectivity index (χ2v) is 5.28. The van der Waals surface area contributed by atoms with Crippen molar-refractivity contribution in [2.75, 3.05) is 0 Å². The van der Waals surface area contributed by atoms with Crippen molar-refractivity contribution in [1.82, 2.24) is 9.97 Å². The molecule has 0 unspecified atom stereocenters. The number of nitrogens with zero attached hydrogens (tertiary/aromatic N) is 1. The maximum atomic E-state index is 5.87. The summed E-state index contributed by atoms with van der Waals surface area (Å²) in [7, 11) is 0. The van der Waals surface area contributed by atoms with Crippen LogP contribution in [0.15, 0.2) is 36.7 Å². The lowest BCUT2D eigenvalue weighted by atomic mass is 9.76. The van der Waals surface area contributed by atoms with Gasteiger partial charge in [-0.15, -0.1) is 0 Å². The molecule has 0 aliphatic heterocycles. The Labute approximate surface area is 105 Å². The van der Waals surface area contributed by atoms with Crippen molar-refractivity contribution in [2.45, 2.75) is 24.8 Å². The van der Waals surface area contributed by atoms with E-state index in [2.05, 4.69) is 28.2 Å². The van der Waals surface area contributed by atoms with E-state index in [-0.39, 0.29) is 0 Å². The summed E-state index contributed by atoms with van der Waals surface area (Å²) < 4.78 is 0. The maximum Gasteiger partial charge on any atom is 0.0495 e. The highest BCUT2D eigenvalue weighted by molar-refractivity contribution is 6.06. The van der Waals surface area contributed by atoms with Crippen LogP contribution in [0.1, 0.15) is 24.3 Å². The summed E-state index contributed by atoms with van der Waals surface area (Å²) in [6.07, 6.45) is 5.99. The highest BCUT2D eigenvalue weighted by Gasteiger charge is 2.27. The third-order valence-corrected chi connectivity index (χ3v) is 4.07. The number of benzene rings is 1. The minimum atomic E-state index is 0.398. The van der Waals surface area contributed by atoms with Crippen molar-refractivity contribution in [3.8, 4) is 0 Å². The van der Waals surface area contributed by atoms with Gasteiger partial charge in [-0.2, -0.15) is 0 Å². The lowest BCUT2D eigenvalue weighted by Gasteiger charge is -2.32. The Hall–Kier alpha value is -1.87. The van der Waals surface area contributed by atoms with Gasteiger partial charge in [-0.05, 0) is 42.5 Å². The molecule has 4 rings (SSSR count). The SMILES string of the molecule is NC1CC(c2ccc3[nH]c4ccncc4c3c2)C1. The van der Waals surface area contributed by atoms with Gasteiger partial charge < -0.3 is 10.7 Å². The predicted molar refractivity (Wildman–Crippen MR) is 73.6 cm³/mol. The molecule has 0 saturated heterocycles. The average Bonchev–Trinajstić information content (AvgIpc) is 2.73. The van der Waals surface area contributed by atoms with Gasteiger partial charge >= 0.3 is 0 Å². The maximum absolute atomic E-state index is 5.87. The van der Waals surface area contributed by atoms with Crippen molar-refractivity contribution < 1.29 is 0 Å². The van der Waals surface area contributed by atoms with Crippen molar-refractivity contribution in [2.24, 2.45) is 5.73 Å². The molecule has 18 heavy (non-hydrogen) atoms. The van der Waals surface area contributed by atoms with Gasteiger partial charge in [0.1, 0.15) is 0 Å². The van der Waals surface area contributed by atoms with E-state index in [0.717, 1.165) is 18.4 Å². The third-order valence-electron chi connectivity index (χ3n) is 4.07. The van der Waals surface area contributed by atoms with Gasteiger partial charge in [0.15, 0.2) is 0 Å². The van der Waals surface area contributed by atoms with Crippen LogP contribution in [0.25, 0.3) is 21.8 Å². The Morgan fingerprint density at radius 3 is 2.78 bits per heavy atom. The van der Waals surface area contributed by atoms with Crippen LogP contribution in [0, 0.1) is 0 Å². The summed E-state index contributed by atoms with van der Waals surface area (Å²) in [5.41, 5.74) is 9.62. The first-order chi connectivity index (χ1) is 8.81. The highest BCUT2D eigenvalue weighted by Crippen LogP contribution is 2.37. The first-order valence-electron chi connectivity index (χ1n) is 6.42. The Bertz CT molecular complexity index is 723. The zero-order chi connectivity index (χ0) is 12.1. The number of hydrogen-bond donors (Lipinski definition) is 2. The van der Waals surface area contributed by atoms with E-state index in [0.29, 0.717) is 12.0 Å². The summed E-state index contributed by atoms with van der Waals surface area (Å²) in [6, 6.07) is 9.12. The quantitative estimate of drug-likeness (QED) is 0.683. The standard InChI is InChI=1S/C15H15N3/c16-11-5-10(6-11)9-1-2-14-12(7-9)13-8-17-4-3-15(13)18-14/h1-4,7-8,10-11,18H,5-6,16H2. The van der Waals surface area contributed by atoms with Crippen LogP contribution < -0.4 is 5.73 Å². The van der Waals surface area contributed by atoms with Gasteiger partial charge in [-0.3, -0.25) is 4.98 Å². The molecule has 1 fully saturated rings. The van der Waals surface area contributed by atoms with Gasteiger partial charge in [0.2, 0.25) is 0 Å². The van der Waals surface area contributed by atoms with Crippen molar-refractivity contribution in [3.05, 3.63) is 42.2 Å². The second kappa shape index (κ2) is 3.56. The zero-order valence-electron chi connectivity index (χ0n) is 10.1. The molecule has 0 bridgehead atoms. The molecule has 3 nitrogen and oxygen atoms in total. The van der Waals surface area contributed by atoms with Gasteiger partial charge in [0, 0.05) is 40.2 Å². The Morgan fingerprint density at radius 2 is 1.94 bits per heavy atom. The molecule has 3 heteroatoms. The van der Waals surface area contributed by atoms with Crippen LogP contribution in [0.4, 0.5) is 0 Å². The predicted octanol–water partition coefficient (Wildman–Crippen LogP) is 2.92. The number of fused-ring (bicyclic) bond motifs is 3. The second-order valence-electron chi connectivity index (χ2n) is 5.28. The molecule has 0 atom stereocenters. The van der Waals surface area contributed by atoms with Gasteiger partial charge in [0.25, 0.3) is 0 Å².